The van der Waals surface area contributed by atoms with Crippen molar-refractivity contribution in [1.29, 1.82) is 0 Å². The molecule has 0 aliphatic carbocycles. The molecule has 0 amide bonds. The van der Waals surface area contributed by atoms with Crippen LogP contribution in [0.25, 0.3) is 0 Å². The van der Waals surface area contributed by atoms with E-state index in [9.17, 15) is 18.7 Å². The van der Waals surface area contributed by atoms with Gasteiger partial charge >= 0.3 is 5.97 Å². The molecule has 0 aromatic heterocycles. The van der Waals surface area contributed by atoms with E-state index >= 15 is 0 Å². The summed E-state index contributed by atoms with van der Waals surface area (Å²) in [5.74, 6) is -2.26. The van der Waals surface area contributed by atoms with Crippen molar-refractivity contribution in [1.82, 2.24) is 5.32 Å². The molecule has 0 aliphatic rings. The Morgan fingerprint density at radius 3 is 2.72 bits per heavy atom. The molecule has 1 atom stereocenters. The summed E-state index contributed by atoms with van der Waals surface area (Å²) in [7, 11) is 0. The fraction of sp³-hybridized carbons (Fsp3) is 0.417. The number of aliphatic hydroxyl groups is 1. The second-order valence-corrected chi connectivity index (χ2v) is 3.95. The molecule has 0 bridgehead atoms. The maximum absolute atomic E-state index is 13.2. The van der Waals surface area contributed by atoms with Gasteiger partial charge < -0.3 is 15.5 Å². The van der Waals surface area contributed by atoms with Gasteiger partial charge in [-0.1, -0.05) is 6.07 Å². The highest BCUT2D eigenvalue weighted by Crippen LogP contribution is 2.09. The largest absolute Gasteiger partial charge is 0.481 e. The molecular formula is C12H15F2NO3. The van der Waals surface area contributed by atoms with Crippen LogP contribution in [-0.2, 0) is 11.3 Å². The summed E-state index contributed by atoms with van der Waals surface area (Å²) in [6.07, 6.45) is -0.785. The molecule has 0 spiro atoms. The Kier molecular flexibility index (Phi) is 5.67. The molecule has 1 aromatic carbocycles. The van der Waals surface area contributed by atoms with Gasteiger partial charge in [-0.3, -0.25) is 4.79 Å². The zero-order chi connectivity index (χ0) is 13.5. The third kappa shape index (κ3) is 5.20. The third-order valence-electron chi connectivity index (χ3n) is 2.40. The molecule has 0 aliphatic heterocycles. The van der Waals surface area contributed by atoms with E-state index in [1.54, 1.807) is 0 Å². The van der Waals surface area contributed by atoms with Gasteiger partial charge in [0.15, 0.2) is 0 Å². The first-order valence-electron chi connectivity index (χ1n) is 5.53. The topological polar surface area (TPSA) is 69.6 Å². The van der Waals surface area contributed by atoms with Crippen molar-refractivity contribution in [2.24, 2.45) is 0 Å². The van der Waals surface area contributed by atoms with E-state index in [2.05, 4.69) is 5.32 Å². The summed E-state index contributed by atoms with van der Waals surface area (Å²) in [5.41, 5.74) is 0.293. The summed E-state index contributed by atoms with van der Waals surface area (Å²) in [4.78, 5) is 10.3. The third-order valence-corrected chi connectivity index (χ3v) is 2.40. The molecule has 0 fully saturated rings. The highest BCUT2D eigenvalue weighted by molar-refractivity contribution is 5.66. The van der Waals surface area contributed by atoms with Crippen LogP contribution >= 0.6 is 0 Å². The Morgan fingerprint density at radius 2 is 2.11 bits per heavy atom. The molecule has 100 valence electrons. The Morgan fingerprint density at radius 1 is 1.39 bits per heavy atom. The van der Waals surface area contributed by atoms with Gasteiger partial charge in [-0.15, -0.1) is 0 Å². The van der Waals surface area contributed by atoms with Crippen LogP contribution in [0.15, 0.2) is 18.2 Å². The molecule has 3 N–H and O–H groups in total. The summed E-state index contributed by atoms with van der Waals surface area (Å²) in [6.45, 7) is 0.306. The molecule has 1 aromatic rings. The summed E-state index contributed by atoms with van der Waals surface area (Å²) in [5, 5.41) is 20.6. The number of nitrogens with one attached hydrogen (secondary N) is 1. The molecular weight excluding hydrogens is 244 g/mol. The van der Waals surface area contributed by atoms with E-state index in [1.807, 2.05) is 0 Å². The number of carbonyl (C=O) groups is 1. The molecule has 18 heavy (non-hydrogen) atoms. The number of aliphatic hydroxyl groups excluding tert-OH is 1. The molecule has 0 radical (unpaired) electrons. The van der Waals surface area contributed by atoms with Crippen LogP contribution in [0.3, 0.4) is 0 Å². The van der Waals surface area contributed by atoms with Crippen molar-refractivity contribution < 1.29 is 23.8 Å². The van der Waals surface area contributed by atoms with Crippen LogP contribution in [0.5, 0.6) is 0 Å². The van der Waals surface area contributed by atoms with Crippen molar-refractivity contribution in [3.63, 3.8) is 0 Å². The van der Waals surface area contributed by atoms with Crippen LogP contribution in [0.4, 0.5) is 8.78 Å². The SMILES string of the molecule is O=C(O)CCC(O)CNCc1ccc(F)cc1F. The first-order valence-corrected chi connectivity index (χ1v) is 5.53. The molecule has 4 nitrogen and oxygen atoms in total. The number of carboxylic acids is 1. The molecule has 0 heterocycles. The van der Waals surface area contributed by atoms with Gasteiger partial charge in [0.05, 0.1) is 6.10 Å². The Balaban J connectivity index is 2.30. The van der Waals surface area contributed by atoms with Gasteiger partial charge in [0.25, 0.3) is 0 Å². The smallest absolute Gasteiger partial charge is 0.303 e. The van der Waals surface area contributed by atoms with Crippen LogP contribution in [0.2, 0.25) is 0 Å². The lowest BCUT2D eigenvalue weighted by atomic mass is 10.2. The van der Waals surface area contributed by atoms with Crippen LogP contribution in [0, 0.1) is 11.6 Å². The molecule has 0 saturated heterocycles. The van der Waals surface area contributed by atoms with Gasteiger partial charge in [-0.25, -0.2) is 8.78 Å². The van der Waals surface area contributed by atoms with E-state index < -0.39 is 23.7 Å². The van der Waals surface area contributed by atoms with E-state index in [0.717, 1.165) is 12.1 Å². The first-order chi connectivity index (χ1) is 8.49. The van der Waals surface area contributed by atoms with Gasteiger partial charge in [0, 0.05) is 31.1 Å². The number of hydrogen-bond acceptors (Lipinski definition) is 3. The van der Waals surface area contributed by atoms with Crippen LogP contribution in [0.1, 0.15) is 18.4 Å². The minimum Gasteiger partial charge on any atom is -0.481 e. The summed E-state index contributed by atoms with van der Waals surface area (Å²) in [6, 6.07) is 3.26. The van der Waals surface area contributed by atoms with E-state index in [0.29, 0.717) is 5.56 Å². The Labute approximate surface area is 103 Å². The second-order valence-electron chi connectivity index (χ2n) is 3.95. The van der Waals surface area contributed by atoms with Crippen molar-refractivity contribution >= 4 is 5.97 Å². The average molecular weight is 259 g/mol. The summed E-state index contributed by atoms with van der Waals surface area (Å²) >= 11 is 0. The minimum absolute atomic E-state index is 0.117. The number of aliphatic carboxylic acids is 1. The van der Waals surface area contributed by atoms with Crippen LogP contribution < -0.4 is 5.32 Å². The lowest BCUT2D eigenvalue weighted by molar-refractivity contribution is -0.137. The van der Waals surface area contributed by atoms with Crippen molar-refractivity contribution in [2.75, 3.05) is 6.54 Å². The molecule has 6 heteroatoms. The zero-order valence-electron chi connectivity index (χ0n) is 9.70. The molecule has 1 rings (SSSR count). The number of rotatable bonds is 7. The standard InChI is InChI=1S/C12H15F2NO3/c13-9-2-1-8(11(14)5-9)6-15-7-10(16)3-4-12(17)18/h1-2,5,10,15-16H,3-4,6-7H2,(H,17,18). The fourth-order valence-corrected chi connectivity index (χ4v) is 1.43. The number of halogens is 2. The van der Waals surface area contributed by atoms with Crippen molar-refractivity contribution in [3.05, 3.63) is 35.4 Å². The van der Waals surface area contributed by atoms with Gasteiger partial charge in [-0.2, -0.15) is 0 Å². The Hall–Kier alpha value is -1.53. The fourth-order valence-electron chi connectivity index (χ4n) is 1.43. The number of benzene rings is 1. The van der Waals surface area contributed by atoms with Gasteiger partial charge in [0.2, 0.25) is 0 Å². The van der Waals surface area contributed by atoms with Gasteiger partial charge in [-0.05, 0) is 12.5 Å². The maximum Gasteiger partial charge on any atom is 0.303 e. The molecule has 0 saturated carbocycles. The number of carboxylic acid groups (broad SMARTS) is 1. The van der Waals surface area contributed by atoms with Crippen LogP contribution in [-0.4, -0.2) is 28.8 Å². The molecule has 1 unspecified atom stereocenters. The minimum atomic E-state index is -0.973. The van der Waals surface area contributed by atoms with Crippen molar-refractivity contribution in [2.45, 2.75) is 25.5 Å². The average Bonchev–Trinajstić information content (AvgIpc) is 2.29. The zero-order valence-corrected chi connectivity index (χ0v) is 9.70. The van der Waals surface area contributed by atoms with E-state index in [4.69, 9.17) is 5.11 Å². The van der Waals surface area contributed by atoms with E-state index in [1.165, 1.54) is 6.07 Å². The normalized spacial score (nSPS) is 12.4. The van der Waals surface area contributed by atoms with E-state index in [-0.39, 0.29) is 25.9 Å². The lowest BCUT2D eigenvalue weighted by Crippen LogP contribution is -2.27. The number of hydrogen-bond donors (Lipinski definition) is 3. The monoisotopic (exact) mass is 259 g/mol. The van der Waals surface area contributed by atoms with Crippen molar-refractivity contribution in [3.8, 4) is 0 Å². The Bertz CT molecular complexity index is 412. The second kappa shape index (κ2) is 7.03. The first kappa shape index (κ1) is 14.5. The predicted octanol–water partition coefficient (Wildman–Crippen LogP) is 1.28. The highest BCUT2D eigenvalue weighted by Gasteiger charge is 2.08. The quantitative estimate of drug-likeness (QED) is 0.690. The predicted molar refractivity (Wildman–Crippen MR) is 60.9 cm³/mol. The highest BCUT2D eigenvalue weighted by atomic mass is 19.1. The van der Waals surface area contributed by atoms with Gasteiger partial charge in [0.1, 0.15) is 11.6 Å². The lowest BCUT2D eigenvalue weighted by Gasteiger charge is -2.11. The maximum atomic E-state index is 13.2. The summed E-state index contributed by atoms with van der Waals surface area (Å²) < 4.78 is 25.8.